The van der Waals surface area contributed by atoms with Crippen molar-refractivity contribution < 1.29 is 5.11 Å². The van der Waals surface area contributed by atoms with E-state index in [9.17, 15) is 5.11 Å². The van der Waals surface area contributed by atoms with E-state index in [0.717, 1.165) is 34.9 Å². The molecule has 1 unspecified atom stereocenters. The summed E-state index contributed by atoms with van der Waals surface area (Å²) >= 11 is 0. The highest BCUT2D eigenvalue weighted by molar-refractivity contribution is 5.79. The Hall–Kier alpha value is -2.19. The van der Waals surface area contributed by atoms with Gasteiger partial charge in [0.2, 0.25) is 0 Å². The Morgan fingerprint density at radius 3 is 2.52 bits per heavy atom. The fraction of sp³-hybridized carbons (Fsp3) is 0.211. The van der Waals surface area contributed by atoms with E-state index < -0.39 is 6.10 Å². The second kappa shape index (κ2) is 6.06. The molecule has 0 amide bonds. The Labute approximate surface area is 125 Å². The number of benzene rings is 2. The summed E-state index contributed by atoms with van der Waals surface area (Å²) in [6.07, 6.45) is 3.41. The van der Waals surface area contributed by atoms with E-state index in [0.29, 0.717) is 0 Å². The summed E-state index contributed by atoms with van der Waals surface area (Å²) in [4.78, 5) is 4.30. The Balaban J connectivity index is 1.90. The molecule has 0 radical (unpaired) electrons. The first-order valence-electron chi connectivity index (χ1n) is 7.39. The number of aliphatic hydroxyl groups is 1. The number of nitrogens with zero attached hydrogens (tertiary/aromatic N) is 1. The SMILES string of the molecule is CCCc1ccc(C(O)c2ccc3ncccc3c2)cc1. The van der Waals surface area contributed by atoms with Crippen LogP contribution < -0.4 is 0 Å². The third-order valence-electron chi connectivity index (χ3n) is 3.78. The van der Waals surface area contributed by atoms with E-state index in [2.05, 4.69) is 24.0 Å². The summed E-state index contributed by atoms with van der Waals surface area (Å²) in [7, 11) is 0. The van der Waals surface area contributed by atoms with Gasteiger partial charge in [-0.3, -0.25) is 4.98 Å². The van der Waals surface area contributed by atoms with Gasteiger partial charge in [-0.05, 0) is 41.3 Å². The molecule has 3 rings (SSSR count). The second-order valence-corrected chi connectivity index (χ2v) is 5.35. The van der Waals surface area contributed by atoms with Gasteiger partial charge in [0.15, 0.2) is 0 Å². The van der Waals surface area contributed by atoms with Crippen LogP contribution in [0.1, 0.15) is 36.1 Å². The lowest BCUT2D eigenvalue weighted by Gasteiger charge is -2.13. The van der Waals surface area contributed by atoms with E-state index in [1.54, 1.807) is 6.20 Å². The highest BCUT2D eigenvalue weighted by Gasteiger charge is 2.11. The molecule has 0 aliphatic rings. The number of hydrogen-bond acceptors (Lipinski definition) is 2. The number of aryl methyl sites for hydroxylation is 1. The molecule has 2 heteroatoms. The van der Waals surface area contributed by atoms with Crippen molar-refractivity contribution >= 4 is 10.9 Å². The van der Waals surface area contributed by atoms with Crippen molar-refractivity contribution in [1.29, 1.82) is 0 Å². The molecule has 3 aromatic rings. The molecule has 1 N–H and O–H groups in total. The summed E-state index contributed by atoms with van der Waals surface area (Å²) in [5.41, 5.74) is 4.10. The molecular weight excluding hydrogens is 258 g/mol. The highest BCUT2D eigenvalue weighted by atomic mass is 16.3. The van der Waals surface area contributed by atoms with Gasteiger partial charge in [-0.25, -0.2) is 0 Å². The normalized spacial score (nSPS) is 12.5. The monoisotopic (exact) mass is 277 g/mol. The standard InChI is InChI=1S/C19H19NO/c1-2-4-14-6-8-15(9-7-14)19(21)17-10-11-18-16(13-17)5-3-12-20-18/h3,5-13,19,21H,2,4H2,1H3. The zero-order valence-corrected chi connectivity index (χ0v) is 12.2. The number of aromatic nitrogens is 1. The average Bonchev–Trinajstić information content (AvgIpc) is 2.55. The van der Waals surface area contributed by atoms with E-state index in [1.807, 2.05) is 42.5 Å². The van der Waals surface area contributed by atoms with Gasteiger partial charge in [-0.2, -0.15) is 0 Å². The quantitative estimate of drug-likeness (QED) is 0.772. The molecule has 106 valence electrons. The maximum Gasteiger partial charge on any atom is 0.104 e. The number of fused-ring (bicyclic) bond motifs is 1. The van der Waals surface area contributed by atoms with Gasteiger partial charge in [-0.15, -0.1) is 0 Å². The highest BCUT2D eigenvalue weighted by Crippen LogP contribution is 2.25. The van der Waals surface area contributed by atoms with Crippen LogP contribution in [0.2, 0.25) is 0 Å². The molecule has 0 saturated heterocycles. The van der Waals surface area contributed by atoms with Gasteiger partial charge in [0.1, 0.15) is 6.10 Å². The molecule has 0 aliphatic heterocycles. The molecule has 1 heterocycles. The summed E-state index contributed by atoms with van der Waals surface area (Å²) in [6.45, 7) is 2.17. The Morgan fingerprint density at radius 1 is 1.00 bits per heavy atom. The first-order chi connectivity index (χ1) is 10.3. The van der Waals surface area contributed by atoms with Crippen LogP contribution in [0.15, 0.2) is 60.8 Å². The fourth-order valence-corrected chi connectivity index (χ4v) is 2.61. The average molecular weight is 277 g/mol. The van der Waals surface area contributed by atoms with E-state index in [1.165, 1.54) is 5.56 Å². The lowest BCUT2D eigenvalue weighted by Crippen LogP contribution is -2.00. The summed E-state index contributed by atoms with van der Waals surface area (Å²) in [6, 6.07) is 18.1. The minimum Gasteiger partial charge on any atom is -0.384 e. The smallest absolute Gasteiger partial charge is 0.104 e. The van der Waals surface area contributed by atoms with Crippen molar-refractivity contribution in [3.8, 4) is 0 Å². The van der Waals surface area contributed by atoms with Crippen LogP contribution in [0.4, 0.5) is 0 Å². The largest absolute Gasteiger partial charge is 0.384 e. The van der Waals surface area contributed by atoms with Gasteiger partial charge in [0.25, 0.3) is 0 Å². The lowest BCUT2D eigenvalue weighted by atomic mass is 9.98. The Morgan fingerprint density at radius 2 is 1.76 bits per heavy atom. The third kappa shape index (κ3) is 2.96. The second-order valence-electron chi connectivity index (χ2n) is 5.35. The summed E-state index contributed by atoms with van der Waals surface area (Å²) in [5.74, 6) is 0. The Bertz CT molecular complexity index is 734. The predicted molar refractivity (Wildman–Crippen MR) is 86.2 cm³/mol. The first kappa shape index (κ1) is 13.8. The molecule has 1 atom stereocenters. The summed E-state index contributed by atoms with van der Waals surface area (Å²) in [5, 5.41) is 11.6. The predicted octanol–water partition coefficient (Wildman–Crippen LogP) is 4.27. The number of pyridine rings is 1. The number of rotatable bonds is 4. The molecule has 0 spiro atoms. The molecule has 2 aromatic carbocycles. The molecule has 1 aromatic heterocycles. The van der Waals surface area contributed by atoms with Gasteiger partial charge in [0.05, 0.1) is 5.52 Å². The molecule has 0 saturated carbocycles. The Kier molecular flexibility index (Phi) is 3.98. The number of hydrogen-bond donors (Lipinski definition) is 1. The van der Waals surface area contributed by atoms with Gasteiger partial charge in [0, 0.05) is 11.6 Å². The minimum absolute atomic E-state index is 0.592. The topological polar surface area (TPSA) is 33.1 Å². The molecular formula is C19H19NO. The summed E-state index contributed by atoms with van der Waals surface area (Å²) < 4.78 is 0. The minimum atomic E-state index is -0.592. The van der Waals surface area contributed by atoms with Crippen LogP contribution in [0.5, 0.6) is 0 Å². The van der Waals surface area contributed by atoms with Crippen LogP contribution in [-0.4, -0.2) is 10.1 Å². The molecule has 2 nitrogen and oxygen atoms in total. The van der Waals surface area contributed by atoms with Crippen LogP contribution in [-0.2, 0) is 6.42 Å². The van der Waals surface area contributed by atoms with Gasteiger partial charge < -0.3 is 5.11 Å². The number of aliphatic hydroxyl groups excluding tert-OH is 1. The van der Waals surface area contributed by atoms with Crippen LogP contribution in [0.3, 0.4) is 0 Å². The van der Waals surface area contributed by atoms with E-state index in [-0.39, 0.29) is 0 Å². The molecule has 0 bridgehead atoms. The van der Waals surface area contributed by atoms with E-state index in [4.69, 9.17) is 0 Å². The zero-order valence-electron chi connectivity index (χ0n) is 12.2. The van der Waals surface area contributed by atoms with Crippen molar-refractivity contribution in [3.63, 3.8) is 0 Å². The fourth-order valence-electron chi connectivity index (χ4n) is 2.61. The zero-order chi connectivity index (χ0) is 14.7. The van der Waals surface area contributed by atoms with Crippen LogP contribution in [0, 0.1) is 0 Å². The van der Waals surface area contributed by atoms with Crippen LogP contribution in [0.25, 0.3) is 10.9 Å². The van der Waals surface area contributed by atoms with Gasteiger partial charge >= 0.3 is 0 Å². The molecule has 0 fully saturated rings. The lowest BCUT2D eigenvalue weighted by molar-refractivity contribution is 0.220. The van der Waals surface area contributed by atoms with Crippen molar-refractivity contribution in [2.45, 2.75) is 25.9 Å². The molecule has 21 heavy (non-hydrogen) atoms. The van der Waals surface area contributed by atoms with E-state index >= 15 is 0 Å². The maximum atomic E-state index is 10.6. The molecule has 0 aliphatic carbocycles. The van der Waals surface area contributed by atoms with Crippen molar-refractivity contribution in [2.24, 2.45) is 0 Å². The first-order valence-corrected chi connectivity index (χ1v) is 7.39. The third-order valence-corrected chi connectivity index (χ3v) is 3.78. The van der Waals surface area contributed by atoms with Crippen molar-refractivity contribution in [2.75, 3.05) is 0 Å². The van der Waals surface area contributed by atoms with Crippen LogP contribution >= 0.6 is 0 Å². The van der Waals surface area contributed by atoms with Crippen molar-refractivity contribution in [1.82, 2.24) is 4.98 Å². The maximum absolute atomic E-state index is 10.6. The van der Waals surface area contributed by atoms with Crippen molar-refractivity contribution in [3.05, 3.63) is 77.5 Å². The van der Waals surface area contributed by atoms with Gasteiger partial charge in [-0.1, -0.05) is 49.7 Å².